The molecule has 2 nitrogen and oxygen atoms in total. The molecule has 0 radical (unpaired) electrons. The molecule has 0 bridgehead atoms. The van der Waals surface area contributed by atoms with E-state index in [0.717, 1.165) is 13.0 Å². The standard InChI is InChI=1S/C11H25NO/c1-9(2)7-10(3)13-11(4,5)8-12-6/h9-10,12H,7-8H2,1-6H3. The fourth-order valence-electron chi connectivity index (χ4n) is 1.72. The molecular weight excluding hydrogens is 162 g/mol. The van der Waals surface area contributed by atoms with Gasteiger partial charge in [0.25, 0.3) is 0 Å². The van der Waals surface area contributed by atoms with Gasteiger partial charge in [-0.3, -0.25) is 0 Å². The van der Waals surface area contributed by atoms with Crippen molar-refractivity contribution in [2.75, 3.05) is 13.6 Å². The monoisotopic (exact) mass is 187 g/mol. The predicted molar refractivity (Wildman–Crippen MR) is 58.0 cm³/mol. The van der Waals surface area contributed by atoms with Crippen LogP contribution in [0.5, 0.6) is 0 Å². The minimum absolute atomic E-state index is 0.0525. The number of hydrogen-bond acceptors (Lipinski definition) is 2. The maximum Gasteiger partial charge on any atom is 0.0753 e. The topological polar surface area (TPSA) is 21.3 Å². The van der Waals surface area contributed by atoms with Crippen LogP contribution in [-0.2, 0) is 4.74 Å². The first-order valence-corrected chi connectivity index (χ1v) is 5.20. The van der Waals surface area contributed by atoms with Gasteiger partial charge >= 0.3 is 0 Å². The normalized spacial score (nSPS) is 15.0. The SMILES string of the molecule is CNCC(C)(C)OC(C)CC(C)C. The Balaban J connectivity index is 3.81. The van der Waals surface area contributed by atoms with E-state index in [2.05, 4.69) is 39.9 Å². The van der Waals surface area contributed by atoms with Crippen LogP contribution >= 0.6 is 0 Å². The lowest BCUT2D eigenvalue weighted by molar-refractivity contribution is -0.0677. The van der Waals surface area contributed by atoms with Gasteiger partial charge in [0.2, 0.25) is 0 Å². The van der Waals surface area contributed by atoms with Crippen LogP contribution in [0.25, 0.3) is 0 Å². The molecule has 13 heavy (non-hydrogen) atoms. The lowest BCUT2D eigenvalue weighted by atomic mass is 10.1. The van der Waals surface area contributed by atoms with Gasteiger partial charge in [0.1, 0.15) is 0 Å². The molecule has 80 valence electrons. The lowest BCUT2D eigenvalue weighted by Crippen LogP contribution is -2.38. The summed E-state index contributed by atoms with van der Waals surface area (Å²) in [5, 5.41) is 3.14. The van der Waals surface area contributed by atoms with E-state index < -0.39 is 0 Å². The van der Waals surface area contributed by atoms with Gasteiger partial charge in [0.05, 0.1) is 11.7 Å². The summed E-state index contributed by atoms with van der Waals surface area (Å²) in [5.41, 5.74) is -0.0525. The van der Waals surface area contributed by atoms with Crippen molar-refractivity contribution in [2.45, 2.75) is 52.7 Å². The molecule has 1 N–H and O–H groups in total. The number of ether oxygens (including phenoxy) is 1. The Morgan fingerprint density at radius 1 is 1.23 bits per heavy atom. The molecule has 1 atom stereocenters. The average molecular weight is 187 g/mol. The Kier molecular flexibility index (Phi) is 5.57. The molecular formula is C11H25NO. The van der Waals surface area contributed by atoms with Gasteiger partial charge in [-0.25, -0.2) is 0 Å². The van der Waals surface area contributed by atoms with Crippen molar-refractivity contribution in [1.29, 1.82) is 0 Å². The molecule has 0 saturated heterocycles. The van der Waals surface area contributed by atoms with E-state index in [1.165, 1.54) is 0 Å². The lowest BCUT2D eigenvalue weighted by Gasteiger charge is -2.29. The van der Waals surface area contributed by atoms with Crippen molar-refractivity contribution in [1.82, 2.24) is 5.32 Å². The van der Waals surface area contributed by atoms with E-state index in [0.29, 0.717) is 12.0 Å². The first kappa shape index (κ1) is 12.9. The zero-order valence-electron chi connectivity index (χ0n) is 9.98. The van der Waals surface area contributed by atoms with Crippen LogP contribution in [0.2, 0.25) is 0 Å². The predicted octanol–water partition coefficient (Wildman–Crippen LogP) is 2.44. The van der Waals surface area contributed by atoms with Crippen LogP contribution in [-0.4, -0.2) is 25.3 Å². The molecule has 0 rings (SSSR count). The molecule has 0 aliphatic heterocycles. The summed E-state index contributed by atoms with van der Waals surface area (Å²) in [7, 11) is 1.96. The van der Waals surface area contributed by atoms with Crippen LogP contribution in [0.15, 0.2) is 0 Å². The highest BCUT2D eigenvalue weighted by Crippen LogP contribution is 2.16. The summed E-state index contributed by atoms with van der Waals surface area (Å²) >= 11 is 0. The smallest absolute Gasteiger partial charge is 0.0753 e. The third-order valence-corrected chi connectivity index (χ3v) is 1.93. The number of likely N-dealkylation sites (N-methyl/N-ethyl adjacent to an activating group) is 1. The van der Waals surface area contributed by atoms with E-state index in [-0.39, 0.29) is 5.60 Å². The summed E-state index contributed by atoms with van der Waals surface area (Å²) in [4.78, 5) is 0. The zero-order valence-corrected chi connectivity index (χ0v) is 9.98. The van der Waals surface area contributed by atoms with Crippen LogP contribution in [0.4, 0.5) is 0 Å². The van der Waals surface area contributed by atoms with E-state index in [4.69, 9.17) is 4.74 Å². The molecule has 0 aliphatic rings. The summed E-state index contributed by atoms with van der Waals surface area (Å²) in [6.07, 6.45) is 1.48. The van der Waals surface area contributed by atoms with Crippen LogP contribution in [0.1, 0.15) is 41.0 Å². The van der Waals surface area contributed by atoms with Crippen molar-refractivity contribution in [3.63, 3.8) is 0 Å². The Labute approximate surface area is 83.1 Å². The van der Waals surface area contributed by atoms with E-state index >= 15 is 0 Å². The molecule has 1 unspecified atom stereocenters. The number of hydrogen-bond donors (Lipinski definition) is 1. The van der Waals surface area contributed by atoms with Gasteiger partial charge in [-0.05, 0) is 40.2 Å². The van der Waals surface area contributed by atoms with Gasteiger partial charge in [-0.2, -0.15) is 0 Å². The number of rotatable bonds is 6. The van der Waals surface area contributed by atoms with E-state index in [1.807, 2.05) is 7.05 Å². The van der Waals surface area contributed by atoms with Crippen molar-refractivity contribution >= 4 is 0 Å². The molecule has 0 spiro atoms. The Bertz CT molecular complexity index is 132. The highest BCUT2D eigenvalue weighted by atomic mass is 16.5. The van der Waals surface area contributed by atoms with Crippen molar-refractivity contribution in [3.8, 4) is 0 Å². The molecule has 0 amide bonds. The molecule has 0 heterocycles. The fraction of sp³-hybridized carbons (Fsp3) is 1.00. The van der Waals surface area contributed by atoms with Crippen molar-refractivity contribution in [3.05, 3.63) is 0 Å². The third-order valence-electron chi connectivity index (χ3n) is 1.93. The Morgan fingerprint density at radius 3 is 2.15 bits per heavy atom. The highest BCUT2D eigenvalue weighted by molar-refractivity contribution is 4.72. The summed E-state index contributed by atoms with van der Waals surface area (Å²) in [6.45, 7) is 11.8. The zero-order chi connectivity index (χ0) is 10.5. The Hall–Kier alpha value is -0.0800. The van der Waals surface area contributed by atoms with Crippen molar-refractivity contribution < 1.29 is 4.74 Å². The number of nitrogens with one attached hydrogen (secondary N) is 1. The summed E-state index contributed by atoms with van der Waals surface area (Å²) in [5.74, 6) is 0.709. The van der Waals surface area contributed by atoms with Crippen LogP contribution in [0.3, 0.4) is 0 Å². The minimum atomic E-state index is -0.0525. The molecule has 0 aromatic carbocycles. The first-order valence-electron chi connectivity index (χ1n) is 5.20. The molecule has 2 heteroatoms. The quantitative estimate of drug-likeness (QED) is 0.689. The van der Waals surface area contributed by atoms with Gasteiger partial charge in [-0.15, -0.1) is 0 Å². The van der Waals surface area contributed by atoms with Gasteiger partial charge in [-0.1, -0.05) is 13.8 Å². The molecule has 0 aliphatic carbocycles. The maximum absolute atomic E-state index is 5.93. The second-order valence-electron chi connectivity index (χ2n) is 4.85. The molecule has 0 fully saturated rings. The molecule has 0 aromatic heterocycles. The largest absolute Gasteiger partial charge is 0.371 e. The van der Waals surface area contributed by atoms with Gasteiger partial charge in [0.15, 0.2) is 0 Å². The molecule has 0 saturated carbocycles. The Morgan fingerprint density at radius 2 is 1.77 bits per heavy atom. The van der Waals surface area contributed by atoms with E-state index in [9.17, 15) is 0 Å². The molecule has 0 aromatic rings. The maximum atomic E-state index is 5.93. The summed E-state index contributed by atoms with van der Waals surface area (Å²) < 4.78 is 5.93. The van der Waals surface area contributed by atoms with E-state index in [1.54, 1.807) is 0 Å². The van der Waals surface area contributed by atoms with Gasteiger partial charge in [0, 0.05) is 6.54 Å². The van der Waals surface area contributed by atoms with Gasteiger partial charge < -0.3 is 10.1 Å². The van der Waals surface area contributed by atoms with Crippen LogP contribution in [0, 0.1) is 5.92 Å². The highest BCUT2D eigenvalue weighted by Gasteiger charge is 2.20. The fourth-order valence-corrected chi connectivity index (χ4v) is 1.72. The third kappa shape index (κ3) is 7.03. The first-order chi connectivity index (χ1) is 5.87. The van der Waals surface area contributed by atoms with Crippen LogP contribution < -0.4 is 5.32 Å². The summed E-state index contributed by atoms with van der Waals surface area (Å²) in [6, 6.07) is 0. The average Bonchev–Trinajstić information content (AvgIpc) is 1.81. The van der Waals surface area contributed by atoms with Crippen molar-refractivity contribution in [2.24, 2.45) is 5.92 Å². The second-order valence-corrected chi connectivity index (χ2v) is 4.85. The second kappa shape index (κ2) is 5.61. The minimum Gasteiger partial charge on any atom is -0.371 e.